The molecule has 1 aliphatic heterocycles. The lowest BCUT2D eigenvalue weighted by molar-refractivity contribution is 0.505. The summed E-state index contributed by atoms with van der Waals surface area (Å²) < 4.78 is 22.6. The molecule has 1 N–H and O–H groups in total. The average molecular weight is 404 g/mol. The molecule has 0 saturated heterocycles. The molecule has 0 saturated carbocycles. The van der Waals surface area contributed by atoms with Crippen LogP contribution >= 0.6 is 11.9 Å². The summed E-state index contributed by atoms with van der Waals surface area (Å²) in [4.78, 5) is 0.937. The smallest absolute Gasteiger partial charge is 0.138 e. The van der Waals surface area contributed by atoms with E-state index in [-0.39, 0.29) is 5.82 Å². The number of nitrogens with one attached hydrogen (secondary N) is 1. The van der Waals surface area contributed by atoms with E-state index in [0.29, 0.717) is 0 Å². The van der Waals surface area contributed by atoms with Crippen molar-refractivity contribution in [3.63, 3.8) is 0 Å². The van der Waals surface area contributed by atoms with Crippen LogP contribution in [0.25, 0.3) is 11.3 Å². The third kappa shape index (κ3) is 3.94. The van der Waals surface area contributed by atoms with Gasteiger partial charge in [0.2, 0.25) is 0 Å². The van der Waals surface area contributed by atoms with E-state index in [2.05, 4.69) is 43.3 Å². The summed E-state index contributed by atoms with van der Waals surface area (Å²) in [5.41, 5.74) is 7.45. The molecule has 1 heterocycles. The first-order valence-electron chi connectivity index (χ1n) is 9.41. The second kappa shape index (κ2) is 7.80. The normalized spacial score (nSPS) is 13.2. The Morgan fingerprint density at radius 3 is 2.38 bits per heavy atom. The molecule has 0 spiro atoms. The lowest BCUT2D eigenvalue weighted by Crippen LogP contribution is -2.08. The Labute approximate surface area is 175 Å². The number of aryl methyl sites for hydroxylation is 2. The maximum atomic E-state index is 13.1. The molecule has 29 heavy (non-hydrogen) atoms. The fourth-order valence-electron chi connectivity index (χ4n) is 3.22. The van der Waals surface area contributed by atoms with Crippen molar-refractivity contribution in [2.24, 2.45) is 0 Å². The molecular weight excluding hydrogens is 381 g/mol. The van der Waals surface area contributed by atoms with E-state index in [1.54, 1.807) is 12.1 Å². The van der Waals surface area contributed by atoms with Gasteiger partial charge in [0.05, 0.1) is 0 Å². The highest BCUT2D eigenvalue weighted by Crippen LogP contribution is 2.42. The summed E-state index contributed by atoms with van der Waals surface area (Å²) in [6, 6.07) is 18.7. The Morgan fingerprint density at radius 1 is 0.897 bits per heavy atom. The minimum absolute atomic E-state index is 0.238. The quantitative estimate of drug-likeness (QED) is 0.459. The number of halogens is 1. The molecule has 0 fully saturated rings. The van der Waals surface area contributed by atoms with Gasteiger partial charge >= 0.3 is 0 Å². The first-order valence-corrected chi connectivity index (χ1v) is 10.2. The fraction of sp³-hybridized carbons (Fsp3) is 0.120. The largest absolute Gasteiger partial charge is 0.456 e. The second-order valence-corrected chi connectivity index (χ2v) is 8.08. The van der Waals surface area contributed by atoms with Crippen molar-refractivity contribution in [2.45, 2.75) is 25.7 Å². The van der Waals surface area contributed by atoms with Crippen LogP contribution in [0.1, 0.15) is 29.2 Å². The van der Waals surface area contributed by atoms with E-state index >= 15 is 0 Å². The zero-order valence-electron chi connectivity index (χ0n) is 16.7. The lowest BCUT2D eigenvalue weighted by Gasteiger charge is -2.25. The van der Waals surface area contributed by atoms with E-state index < -0.39 is 0 Å². The second-order valence-electron chi connectivity index (χ2n) is 7.20. The van der Waals surface area contributed by atoms with E-state index in [4.69, 9.17) is 4.74 Å². The monoisotopic (exact) mass is 403 g/mol. The van der Waals surface area contributed by atoms with Crippen molar-refractivity contribution in [3.05, 3.63) is 101 Å². The number of allylic oxidation sites excluding steroid dienone is 2. The van der Waals surface area contributed by atoms with Gasteiger partial charge in [0, 0.05) is 21.7 Å². The number of hydrogen-bond donors (Lipinski definition) is 1. The molecule has 4 heteroatoms. The molecule has 0 radical (unpaired) electrons. The van der Waals surface area contributed by atoms with Crippen molar-refractivity contribution < 1.29 is 9.13 Å². The molecule has 0 atom stereocenters. The molecule has 0 unspecified atom stereocenters. The average Bonchev–Trinajstić information content (AvgIpc) is 2.72. The van der Waals surface area contributed by atoms with E-state index in [9.17, 15) is 4.39 Å². The van der Waals surface area contributed by atoms with Gasteiger partial charge in [0.25, 0.3) is 0 Å². The Bertz CT molecular complexity index is 1130. The molecule has 146 valence electrons. The van der Waals surface area contributed by atoms with Crippen LogP contribution in [0.4, 0.5) is 10.1 Å². The van der Waals surface area contributed by atoms with Gasteiger partial charge in [-0.3, -0.25) is 0 Å². The van der Waals surface area contributed by atoms with Gasteiger partial charge in [0.15, 0.2) is 0 Å². The molecule has 3 aromatic rings. The van der Waals surface area contributed by atoms with Gasteiger partial charge in [-0.2, -0.15) is 0 Å². The van der Waals surface area contributed by atoms with Crippen molar-refractivity contribution in [1.29, 1.82) is 0 Å². The van der Waals surface area contributed by atoms with Crippen LogP contribution in [0.3, 0.4) is 0 Å². The van der Waals surface area contributed by atoms with Crippen molar-refractivity contribution in [2.75, 3.05) is 4.72 Å². The van der Waals surface area contributed by atoms with Crippen molar-refractivity contribution in [3.8, 4) is 5.75 Å². The van der Waals surface area contributed by atoms with Crippen LogP contribution in [0, 0.1) is 19.7 Å². The third-order valence-corrected chi connectivity index (χ3v) is 6.03. The Morgan fingerprint density at radius 2 is 1.66 bits per heavy atom. The van der Waals surface area contributed by atoms with Crippen LogP contribution in [0.2, 0.25) is 0 Å². The molecule has 4 rings (SSSR count). The maximum Gasteiger partial charge on any atom is 0.138 e. The highest BCUT2D eigenvalue weighted by atomic mass is 32.2. The maximum absolute atomic E-state index is 13.1. The Hall–Kier alpha value is -2.98. The predicted octanol–water partition coefficient (Wildman–Crippen LogP) is 7.40. The van der Waals surface area contributed by atoms with Gasteiger partial charge in [0.1, 0.15) is 17.3 Å². The molecular formula is C25H22FNOS. The van der Waals surface area contributed by atoms with Crippen LogP contribution in [-0.2, 0) is 0 Å². The van der Waals surface area contributed by atoms with Gasteiger partial charge in [-0.25, -0.2) is 4.39 Å². The number of fused-ring (bicyclic) bond motifs is 1. The van der Waals surface area contributed by atoms with Gasteiger partial charge < -0.3 is 9.46 Å². The molecule has 3 aromatic carbocycles. The summed E-state index contributed by atoms with van der Waals surface area (Å²) >= 11 is 1.44. The first kappa shape index (κ1) is 19.3. The number of ether oxygens (including phenoxy) is 1. The Kier molecular flexibility index (Phi) is 5.20. The van der Waals surface area contributed by atoms with Gasteiger partial charge in [-0.15, -0.1) is 0 Å². The SMILES string of the molecule is C=C1C(C)=C(c2ccc(C)c(C)c2)Oc2ccc(NSc3ccc(F)cc3)cc21. The van der Waals surface area contributed by atoms with Crippen LogP contribution in [0.5, 0.6) is 5.75 Å². The number of anilines is 1. The Balaban J connectivity index is 1.58. The summed E-state index contributed by atoms with van der Waals surface area (Å²) in [5.74, 6) is 1.41. The summed E-state index contributed by atoms with van der Waals surface area (Å²) in [6.07, 6.45) is 0. The number of rotatable bonds is 4. The molecule has 0 aliphatic carbocycles. The van der Waals surface area contributed by atoms with E-state index in [0.717, 1.165) is 44.4 Å². The van der Waals surface area contributed by atoms with Crippen LogP contribution in [-0.4, -0.2) is 0 Å². The fourth-order valence-corrected chi connectivity index (χ4v) is 3.86. The highest BCUT2D eigenvalue weighted by molar-refractivity contribution is 8.00. The minimum atomic E-state index is -0.238. The molecule has 1 aliphatic rings. The topological polar surface area (TPSA) is 21.3 Å². The molecule has 0 aromatic heterocycles. The van der Waals surface area contributed by atoms with E-state index in [1.807, 2.05) is 25.1 Å². The highest BCUT2D eigenvalue weighted by Gasteiger charge is 2.22. The standard InChI is InChI=1S/C25H22FNOS/c1-15-5-6-19(13-16(15)2)25-18(4)17(3)23-14-21(9-12-24(23)28-25)27-29-22-10-7-20(26)8-11-22/h5-14,27H,3H2,1-2,4H3. The number of benzene rings is 3. The van der Waals surface area contributed by atoms with Crippen LogP contribution < -0.4 is 9.46 Å². The summed E-state index contributed by atoms with van der Waals surface area (Å²) in [5, 5.41) is 0. The zero-order chi connectivity index (χ0) is 20.5. The summed E-state index contributed by atoms with van der Waals surface area (Å²) in [7, 11) is 0. The lowest BCUT2D eigenvalue weighted by atomic mass is 9.93. The predicted molar refractivity (Wildman–Crippen MR) is 120 cm³/mol. The molecule has 0 bridgehead atoms. The third-order valence-electron chi connectivity index (χ3n) is 5.18. The van der Waals surface area contributed by atoms with Gasteiger partial charge in [-0.05, 0) is 104 Å². The molecule has 2 nitrogen and oxygen atoms in total. The minimum Gasteiger partial charge on any atom is -0.456 e. The van der Waals surface area contributed by atoms with Gasteiger partial charge in [-0.1, -0.05) is 18.7 Å². The first-order chi connectivity index (χ1) is 13.9. The molecule has 0 amide bonds. The van der Waals surface area contributed by atoms with E-state index in [1.165, 1.54) is 35.2 Å². The van der Waals surface area contributed by atoms with Crippen molar-refractivity contribution >= 4 is 29.0 Å². The zero-order valence-corrected chi connectivity index (χ0v) is 17.5. The van der Waals surface area contributed by atoms with Crippen molar-refractivity contribution in [1.82, 2.24) is 0 Å². The number of hydrogen-bond acceptors (Lipinski definition) is 3. The summed E-state index contributed by atoms with van der Waals surface area (Å²) in [6.45, 7) is 10.6. The van der Waals surface area contributed by atoms with Crippen LogP contribution in [0.15, 0.2) is 77.7 Å².